The van der Waals surface area contributed by atoms with Gasteiger partial charge in [-0.1, -0.05) is 43.6 Å². The van der Waals surface area contributed by atoms with Crippen LogP contribution < -0.4 is 4.74 Å². The van der Waals surface area contributed by atoms with Crippen LogP contribution in [0.15, 0.2) is 6.20 Å². The van der Waals surface area contributed by atoms with Gasteiger partial charge < -0.3 is 4.74 Å². The first-order valence-electron chi connectivity index (χ1n) is 8.25. The Balaban J connectivity index is 1.57. The summed E-state index contributed by atoms with van der Waals surface area (Å²) < 4.78 is 5.90. The van der Waals surface area contributed by atoms with E-state index in [9.17, 15) is 0 Å². The summed E-state index contributed by atoms with van der Waals surface area (Å²) in [7, 11) is 0. The normalized spacial score (nSPS) is 21.8. The first kappa shape index (κ1) is 13.8. The summed E-state index contributed by atoms with van der Waals surface area (Å²) >= 11 is 0. The lowest BCUT2D eigenvalue weighted by Gasteiger charge is -2.22. The largest absolute Gasteiger partial charge is 0.459 e. The van der Waals surface area contributed by atoms with Crippen LogP contribution in [0.1, 0.15) is 69.9 Å². The SMILES string of the molecule is c1nnc(OC2CCCCC2)nc1CC1CCCCC1. The zero-order valence-corrected chi connectivity index (χ0v) is 12.3. The molecule has 2 aliphatic carbocycles. The smallest absolute Gasteiger partial charge is 0.336 e. The molecule has 1 aromatic heterocycles. The molecule has 1 heterocycles. The molecular weight excluding hydrogens is 250 g/mol. The Morgan fingerprint density at radius 1 is 0.950 bits per heavy atom. The van der Waals surface area contributed by atoms with E-state index in [1.807, 2.05) is 6.20 Å². The van der Waals surface area contributed by atoms with Gasteiger partial charge in [0.1, 0.15) is 6.10 Å². The van der Waals surface area contributed by atoms with E-state index in [0.717, 1.165) is 30.9 Å². The molecule has 4 heteroatoms. The van der Waals surface area contributed by atoms with Gasteiger partial charge in [0.15, 0.2) is 0 Å². The van der Waals surface area contributed by atoms with Crippen LogP contribution in [-0.4, -0.2) is 21.3 Å². The van der Waals surface area contributed by atoms with Crippen LogP contribution in [0.5, 0.6) is 6.01 Å². The molecule has 110 valence electrons. The lowest BCUT2D eigenvalue weighted by molar-refractivity contribution is 0.139. The Labute approximate surface area is 121 Å². The van der Waals surface area contributed by atoms with Crippen molar-refractivity contribution in [1.29, 1.82) is 0 Å². The molecule has 1 aromatic rings. The number of aromatic nitrogens is 3. The Kier molecular flexibility index (Phi) is 4.82. The third kappa shape index (κ3) is 3.90. The van der Waals surface area contributed by atoms with E-state index in [1.165, 1.54) is 51.4 Å². The second kappa shape index (κ2) is 7.00. The van der Waals surface area contributed by atoms with Crippen LogP contribution in [0.2, 0.25) is 0 Å². The van der Waals surface area contributed by atoms with Crippen molar-refractivity contribution in [3.05, 3.63) is 11.9 Å². The van der Waals surface area contributed by atoms with Crippen molar-refractivity contribution in [3.8, 4) is 6.01 Å². The third-order valence-corrected chi connectivity index (χ3v) is 4.64. The number of ether oxygens (including phenoxy) is 1. The Morgan fingerprint density at radius 2 is 1.65 bits per heavy atom. The van der Waals surface area contributed by atoms with Crippen molar-refractivity contribution in [2.75, 3.05) is 0 Å². The molecule has 0 saturated heterocycles. The highest BCUT2D eigenvalue weighted by atomic mass is 16.5. The van der Waals surface area contributed by atoms with Gasteiger partial charge in [-0.15, -0.1) is 0 Å². The van der Waals surface area contributed by atoms with E-state index in [1.54, 1.807) is 0 Å². The zero-order valence-electron chi connectivity index (χ0n) is 12.3. The van der Waals surface area contributed by atoms with E-state index >= 15 is 0 Å². The maximum atomic E-state index is 5.90. The number of rotatable bonds is 4. The van der Waals surface area contributed by atoms with Crippen molar-refractivity contribution in [1.82, 2.24) is 15.2 Å². The molecule has 0 radical (unpaired) electrons. The molecule has 3 rings (SSSR count). The van der Waals surface area contributed by atoms with Crippen molar-refractivity contribution in [3.63, 3.8) is 0 Å². The minimum atomic E-state index is 0.301. The van der Waals surface area contributed by atoms with Crippen LogP contribution >= 0.6 is 0 Å². The lowest BCUT2D eigenvalue weighted by Crippen LogP contribution is -2.21. The minimum Gasteiger partial charge on any atom is -0.459 e. The molecule has 2 aliphatic rings. The summed E-state index contributed by atoms with van der Waals surface area (Å²) in [6, 6.07) is 0.491. The zero-order chi connectivity index (χ0) is 13.6. The van der Waals surface area contributed by atoms with Gasteiger partial charge in [0.25, 0.3) is 0 Å². The lowest BCUT2D eigenvalue weighted by atomic mass is 9.86. The number of nitrogens with zero attached hydrogens (tertiary/aromatic N) is 3. The molecule has 0 amide bonds. The fraction of sp³-hybridized carbons (Fsp3) is 0.812. The maximum Gasteiger partial charge on any atom is 0.336 e. The van der Waals surface area contributed by atoms with Gasteiger partial charge in [-0.05, 0) is 38.0 Å². The maximum absolute atomic E-state index is 5.90. The molecule has 0 unspecified atom stereocenters. The summed E-state index contributed by atoms with van der Waals surface area (Å²) in [6.45, 7) is 0. The van der Waals surface area contributed by atoms with Crippen LogP contribution in [0, 0.1) is 5.92 Å². The highest BCUT2D eigenvalue weighted by Crippen LogP contribution is 2.26. The second-order valence-electron chi connectivity index (χ2n) is 6.32. The van der Waals surface area contributed by atoms with Gasteiger partial charge >= 0.3 is 6.01 Å². The summed E-state index contributed by atoms with van der Waals surface area (Å²) in [5.74, 6) is 0.781. The van der Waals surface area contributed by atoms with Crippen LogP contribution in [-0.2, 0) is 6.42 Å². The summed E-state index contributed by atoms with van der Waals surface area (Å²) in [4.78, 5) is 4.57. The van der Waals surface area contributed by atoms with E-state index in [2.05, 4.69) is 15.2 Å². The topological polar surface area (TPSA) is 47.9 Å². The molecule has 0 N–H and O–H groups in total. The quantitative estimate of drug-likeness (QED) is 0.840. The molecule has 0 bridgehead atoms. The molecular formula is C16H25N3O. The molecule has 2 fully saturated rings. The first-order chi connectivity index (χ1) is 9.90. The number of hydrogen-bond donors (Lipinski definition) is 0. The molecule has 20 heavy (non-hydrogen) atoms. The van der Waals surface area contributed by atoms with Gasteiger partial charge in [-0.25, -0.2) is 0 Å². The highest BCUT2D eigenvalue weighted by molar-refractivity contribution is 5.02. The van der Waals surface area contributed by atoms with E-state index < -0.39 is 0 Å². The van der Waals surface area contributed by atoms with Crippen molar-refractivity contribution >= 4 is 0 Å². The van der Waals surface area contributed by atoms with Gasteiger partial charge in [-0.2, -0.15) is 10.1 Å². The molecule has 0 spiro atoms. The van der Waals surface area contributed by atoms with Crippen molar-refractivity contribution < 1.29 is 4.74 Å². The van der Waals surface area contributed by atoms with Crippen molar-refractivity contribution in [2.45, 2.75) is 76.7 Å². The molecule has 4 nitrogen and oxygen atoms in total. The van der Waals surface area contributed by atoms with E-state index in [0.29, 0.717) is 12.1 Å². The standard InChI is InChI=1S/C16H25N3O/c1-3-7-13(8-4-1)11-14-12-17-19-16(18-14)20-15-9-5-2-6-10-15/h12-13,15H,1-11H2. The fourth-order valence-electron chi connectivity index (χ4n) is 3.49. The predicted molar refractivity (Wildman–Crippen MR) is 77.6 cm³/mol. The van der Waals surface area contributed by atoms with Crippen LogP contribution in [0.4, 0.5) is 0 Å². The molecule has 0 aliphatic heterocycles. The van der Waals surface area contributed by atoms with Gasteiger partial charge in [0.2, 0.25) is 0 Å². The molecule has 0 aromatic carbocycles. The highest BCUT2D eigenvalue weighted by Gasteiger charge is 2.18. The summed E-state index contributed by atoms with van der Waals surface area (Å²) in [5.41, 5.74) is 1.05. The second-order valence-corrected chi connectivity index (χ2v) is 6.32. The third-order valence-electron chi connectivity index (χ3n) is 4.64. The predicted octanol–water partition coefficient (Wildman–Crippen LogP) is 3.71. The van der Waals surface area contributed by atoms with Crippen LogP contribution in [0.3, 0.4) is 0 Å². The van der Waals surface area contributed by atoms with Gasteiger partial charge in [0.05, 0.1) is 11.9 Å². The minimum absolute atomic E-state index is 0.301. The van der Waals surface area contributed by atoms with Crippen LogP contribution in [0.25, 0.3) is 0 Å². The average molecular weight is 275 g/mol. The number of hydrogen-bond acceptors (Lipinski definition) is 4. The average Bonchev–Trinajstić information content (AvgIpc) is 2.50. The monoisotopic (exact) mass is 275 g/mol. The Morgan fingerprint density at radius 3 is 2.40 bits per heavy atom. The Hall–Kier alpha value is -1.19. The molecule has 0 atom stereocenters. The van der Waals surface area contributed by atoms with Gasteiger partial charge in [-0.3, -0.25) is 0 Å². The summed E-state index contributed by atoms with van der Waals surface area (Å²) in [6.07, 6.45) is 16.1. The van der Waals surface area contributed by atoms with Gasteiger partial charge in [0, 0.05) is 0 Å². The van der Waals surface area contributed by atoms with E-state index in [-0.39, 0.29) is 0 Å². The first-order valence-corrected chi connectivity index (χ1v) is 8.25. The molecule has 2 saturated carbocycles. The van der Waals surface area contributed by atoms with Crippen molar-refractivity contribution in [2.24, 2.45) is 5.92 Å². The summed E-state index contributed by atoms with van der Waals surface area (Å²) in [5, 5.41) is 8.12. The Bertz CT molecular complexity index is 377. The fourth-order valence-corrected chi connectivity index (χ4v) is 3.49. The van der Waals surface area contributed by atoms with E-state index in [4.69, 9.17) is 4.74 Å².